The number of carbonyl (C=O) groups excluding carboxylic acids is 1. The summed E-state index contributed by atoms with van der Waals surface area (Å²) in [4.78, 5) is 16.3. The molecule has 0 fully saturated rings. The summed E-state index contributed by atoms with van der Waals surface area (Å²) in [5, 5.41) is 0. The maximum absolute atomic E-state index is 13.4. The molecule has 0 bridgehead atoms. The second-order valence-corrected chi connectivity index (χ2v) is 4.79. The Morgan fingerprint density at radius 1 is 1.42 bits per heavy atom. The summed E-state index contributed by atoms with van der Waals surface area (Å²) in [6, 6.07) is 2.18. The molecular formula is C13H11BrF2N2O. The molecule has 0 radical (unpaired) electrons. The molecule has 3 nitrogen and oxygen atoms in total. The lowest BCUT2D eigenvalue weighted by atomic mass is 10.1. The van der Waals surface area contributed by atoms with Crippen LogP contribution in [0.4, 0.5) is 8.78 Å². The molecule has 0 spiro atoms. The van der Waals surface area contributed by atoms with Crippen molar-refractivity contribution in [3.8, 4) is 0 Å². The van der Waals surface area contributed by atoms with Gasteiger partial charge in [-0.05, 0) is 34.5 Å². The Balaban J connectivity index is 2.45. The first-order chi connectivity index (χ1) is 9.06. The molecule has 1 aromatic carbocycles. The van der Waals surface area contributed by atoms with Crippen LogP contribution in [0.25, 0.3) is 0 Å². The van der Waals surface area contributed by atoms with Crippen molar-refractivity contribution >= 4 is 21.7 Å². The van der Waals surface area contributed by atoms with E-state index in [1.807, 2.05) is 6.92 Å². The standard InChI is InChI=1S/C13H11BrF2N2O/c1-2-6-18-7-5-17-13(18)12(19)8-3-4-9(15)11(16)10(8)14/h3-5,7H,2,6H2,1H3. The number of hydrogen-bond acceptors (Lipinski definition) is 2. The van der Waals surface area contributed by atoms with Crippen molar-refractivity contribution in [2.45, 2.75) is 19.9 Å². The lowest BCUT2D eigenvalue weighted by molar-refractivity contribution is 0.102. The number of rotatable bonds is 4. The van der Waals surface area contributed by atoms with Crippen molar-refractivity contribution in [2.24, 2.45) is 0 Å². The highest BCUT2D eigenvalue weighted by Gasteiger charge is 2.21. The van der Waals surface area contributed by atoms with Crippen LogP contribution in [0.15, 0.2) is 29.0 Å². The largest absolute Gasteiger partial charge is 0.328 e. The van der Waals surface area contributed by atoms with E-state index in [9.17, 15) is 13.6 Å². The summed E-state index contributed by atoms with van der Waals surface area (Å²) in [6.07, 6.45) is 4.04. The van der Waals surface area contributed by atoms with Crippen LogP contribution in [0.5, 0.6) is 0 Å². The maximum Gasteiger partial charge on any atom is 0.229 e. The van der Waals surface area contributed by atoms with Crippen LogP contribution in [0.3, 0.4) is 0 Å². The topological polar surface area (TPSA) is 34.9 Å². The molecule has 0 atom stereocenters. The van der Waals surface area contributed by atoms with Gasteiger partial charge in [-0.25, -0.2) is 13.8 Å². The van der Waals surface area contributed by atoms with E-state index < -0.39 is 17.4 Å². The third-order valence-corrected chi connectivity index (χ3v) is 3.44. The van der Waals surface area contributed by atoms with Crippen LogP contribution in [-0.4, -0.2) is 15.3 Å². The molecule has 2 rings (SSSR count). The number of carbonyl (C=O) groups is 1. The number of ketones is 1. The van der Waals surface area contributed by atoms with Crippen molar-refractivity contribution < 1.29 is 13.6 Å². The lowest BCUT2D eigenvalue weighted by Crippen LogP contribution is -2.12. The summed E-state index contributed by atoms with van der Waals surface area (Å²) >= 11 is 2.91. The summed E-state index contributed by atoms with van der Waals surface area (Å²) in [5.74, 6) is -2.29. The van der Waals surface area contributed by atoms with Crippen LogP contribution >= 0.6 is 15.9 Å². The van der Waals surface area contributed by atoms with Gasteiger partial charge >= 0.3 is 0 Å². The molecule has 0 saturated heterocycles. The third-order valence-electron chi connectivity index (χ3n) is 2.66. The molecule has 0 aliphatic heterocycles. The van der Waals surface area contributed by atoms with E-state index in [-0.39, 0.29) is 15.9 Å². The number of aromatic nitrogens is 2. The first-order valence-electron chi connectivity index (χ1n) is 5.75. The minimum Gasteiger partial charge on any atom is -0.328 e. The van der Waals surface area contributed by atoms with Gasteiger partial charge in [0.25, 0.3) is 0 Å². The van der Waals surface area contributed by atoms with Crippen molar-refractivity contribution in [3.63, 3.8) is 0 Å². The molecule has 0 saturated carbocycles. The molecule has 0 unspecified atom stereocenters. The smallest absolute Gasteiger partial charge is 0.229 e. The second kappa shape index (κ2) is 5.61. The molecule has 0 amide bonds. The molecular weight excluding hydrogens is 318 g/mol. The Morgan fingerprint density at radius 2 is 2.16 bits per heavy atom. The van der Waals surface area contributed by atoms with E-state index in [0.717, 1.165) is 12.5 Å². The van der Waals surface area contributed by atoms with Crippen LogP contribution in [0.1, 0.15) is 29.5 Å². The van der Waals surface area contributed by atoms with Gasteiger partial charge in [-0.15, -0.1) is 0 Å². The number of aryl methyl sites for hydroxylation is 1. The average Bonchev–Trinajstić information content (AvgIpc) is 2.84. The van der Waals surface area contributed by atoms with E-state index in [1.54, 1.807) is 10.8 Å². The lowest BCUT2D eigenvalue weighted by Gasteiger charge is -2.07. The van der Waals surface area contributed by atoms with Crippen LogP contribution in [0.2, 0.25) is 0 Å². The highest BCUT2D eigenvalue weighted by Crippen LogP contribution is 2.25. The van der Waals surface area contributed by atoms with Crippen LogP contribution in [0, 0.1) is 11.6 Å². The van der Waals surface area contributed by atoms with Gasteiger partial charge in [-0.1, -0.05) is 6.92 Å². The van der Waals surface area contributed by atoms with Crippen molar-refractivity contribution in [3.05, 3.63) is 52.0 Å². The van der Waals surface area contributed by atoms with Crippen LogP contribution < -0.4 is 0 Å². The molecule has 1 heterocycles. The second-order valence-electron chi connectivity index (χ2n) is 4.00. The van der Waals surface area contributed by atoms with Gasteiger partial charge in [0.2, 0.25) is 5.78 Å². The van der Waals surface area contributed by atoms with Gasteiger partial charge in [-0.2, -0.15) is 0 Å². The zero-order valence-corrected chi connectivity index (χ0v) is 11.7. The van der Waals surface area contributed by atoms with Gasteiger partial charge in [0, 0.05) is 24.5 Å². The van der Waals surface area contributed by atoms with E-state index in [4.69, 9.17) is 0 Å². The normalized spacial score (nSPS) is 10.7. The van der Waals surface area contributed by atoms with E-state index in [2.05, 4.69) is 20.9 Å². The van der Waals surface area contributed by atoms with Crippen molar-refractivity contribution in [1.29, 1.82) is 0 Å². The Kier molecular flexibility index (Phi) is 4.09. The van der Waals surface area contributed by atoms with Gasteiger partial charge < -0.3 is 4.57 Å². The average molecular weight is 329 g/mol. The maximum atomic E-state index is 13.4. The summed E-state index contributed by atoms with van der Waals surface area (Å²) < 4.78 is 28.0. The fraction of sp³-hybridized carbons (Fsp3) is 0.231. The molecule has 100 valence electrons. The summed E-state index contributed by atoms with van der Waals surface area (Å²) in [7, 11) is 0. The molecule has 0 aliphatic carbocycles. The van der Waals surface area contributed by atoms with E-state index in [1.165, 1.54) is 12.3 Å². The highest BCUT2D eigenvalue weighted by atomic mass is 79.9. The number of hydrogen-bond donors (Lipinski definition) is 0. The number of imidazole rings is 1. The monoisotopic (exact) mass is 328 g/mol. The van der Waals surface area contributed by atoms with Gasteiger partial charge in [0.1, 0.15) is 0 Å². The molecule has 0 aliphatic rings. The summed E-state index contributed by atoms with van der Waals surface area (Å²) in [5.41, 5.74) is 0.0578. The quantitative estimate of drug-likeness (QED) is 0.635. The van der Waals surface area contributed by atoms with E-state index >= 15 is 0 Å². The molecule has 0 N–H and O–H groups in total. The predicted octanol–water partition coefficient (Wildman–Crippen LogP) is 3.56. The van der Waals surface area contributed by atoms with Crippen molar-refractivity contribution in [1.82, 2.24) is 9.55 Å². The first kappa shape index (κ1) is 13.9. The Hall–Kier alpha value is -1.56. The third kappa shape index (κ3) is 2.58. The summed E-state index contributed by atoms with van der Waals surface area (Å²) in [6.45, 7) is 2.62. The number of benzene rings is 1. The molecule has 1 aromatic heterocycles. The fourth-order valence-corrected chi connectivity index (χ4v) is 2.26. The molecule has 19 heavy (non-hydrogen) atoms. The Morgan fingerprint density at radius 3 is 2.84 bits per heavy atom. The van der Waals surface area contributed by atoms with Gasteiger partial charge in [0.05, 0.1) is 4.47 Å². The number of nitrogens with zero attached hydrogens (tertiary/aromatic N) is 2. The zero-order valence-electron chi connectivity index (χ0n) is 10.2. The molecule has 6 heteroatoms. The fourth-order valence-electron chi connectivity index (χ4n) is 1.76. The predicted molar refractivity (Wildman–Crippen MR) is 70.0 cm³/mol. The minimum atomic E-state index is -1.07. The first-order valence-corrected chi connectivity index (χ1v) is 6.55. The SMILES string of the molecule is CCCn1ccnc1C(=O)c1ccc(F)c(F)c1Br. The zero-order chi connectivity index (χ0) is 14.0. The Labute approximate surface area is 117 Å². The Bertz CT molecular complexity index is 625. The van der Waals surface area contributed by atoms with Gasteiger partial charge in [0.15, 0.2) is 17.5 Å². The van der Waals surface area contributed by atoms with E-state index in [0.29, 0.717) is 6.54 Å². The van der Waals surface area contributed by atoms with Crippen LogP contribution in [-0.2, 0) is 6.54 Å². The van der Waals surface area contributed by atoms with Gasteiger partial charge in [-0.3, -0.25) is 4.79 Å². The molecule has 2 aromatic rings. The highest BCUT2D eigenvalue weighted by molar-refractivity contribution is 9.10. The number of halogens is 3. The minimum absolute atomic E-state index is 0.0578. The van der Waals surface area contributed by atoms with Crippen molar-refractivity contribution in [2.75, 3.05) is 0 Å².